The summed E-state index contributed by atoms with van der Waals surface area (Å²) in [7, 11) is 0. The van der Waals surface area contributed by atoms with Crippen molar-refractivity contribution in [2.45, 2.75) is 53.9 Å². The van der Waals surface area contributed by atoms with Crippen LogP contribution in [-0.4, -0.2) is 25.4 Å². The number of carbonyl (C=O) groups excluding carboxylic acids is 2. The van der Waals surface area contributed by atoms with E-state index in [0.29, 0.717) is 18.9 Å². The number of amides is 2. The van der Waals surface area contributed by atoms with Crippen molar-refractivity contribution in [3.05, 3.63) is 6.92 Å². The molecule has 1 aliphatic heterocycles. The van der Waals surface area contributed by atoms with Crippen molar-refractivity contribution in [3.8, 4) is 0 Å². The monoisotopic (exact) mass is 309 g/mol. The first-order valence-electron chi connectivity index (χ1n) is 7.07. The Kier molecular flexibility index (Phi) is 20.4. The maximum absolute atomic E-state index is 11.0. The molecule has 0 aromatic heterocycles. The standard InChI is InChI=1S/C9H17NO.C4H7NO.C2H6.K/c1-9(2,3)7-4-5-10-8(11)6-7;1-2-3-5-4-6;1-2;/h7H,4-6H2,1-3H3,(H,10,11);1-3H2,(H,5,6);1-2H3;/q;-2;;+1. The van der Waals surface area contributed by atoms with Crippen LogP contribution in [0.15, 0.2) is 0 Å². The molecule has 1 atom stereocenters. The van der Waals surface area contributed by atoms with Gasteiger partial charge in [-0.1, -0.05) is 34.6 Å². The first kappa shape index (κ1) is 25.5. The van der Waals surface area contributed by atoms with Crippen molar-refractivity contribution < 1.29 is 61.0 Å². The van der Waals surface area contributed by atoms with Gasteiger partial charge in [0.1, 0.15) is 0 Å². The van der Waals surface area contributed by atoms with Crippen molar-refractivity contribution in [2.75, 3.05) is 13.1 Å². The first-order chi connectivity index (χ1) is 8.91. The maximum atomic E-state index is 11.0. The predicted molar refractivity (Wildman–Crippen MR) is 80.2 cm³/mol. The van der Waals surface area contributed by atoms with E-state index in [1.165, 1.54) is 6.41 Å². The first-order valence-corrected chi connectivity index (χ1v) is 7.07. The second-order valence-electron chi connectivity index (χ2n) is 5.29. The number of nitrogens with one attached hydrogen (secondary N) is 2. The summed E-state index contributed by atoms with van der Waals surface area (Å²) in [5.74, 6) is 0.785. The molecule has 0 aromatic rings. The quantitative estimate of drug-likeness (QED) is 0.318. The molecule has 1 aliphatic rings. The second kappa shape index (κ2) is 16.0. The van der Waals surface area contributed by atoms with Gasteiger partial charge >= 0.3 is 51.4 Å². The minimum atomic E-state index is 0. The van der Waals surface area contributed by atoms with E-state index >= 15 is 0 Å². The smallest absolute Gasteiger partial charge is 0.532 e. The fourth-order valence-electron chi connectivity index (χ4n) is 1.66. The average Bonchev–Trinajstić information content (AvgIpc) is 2.38. The number of piperidine rings is 1. The van der Waals surface area contributed by atoms with E-state index in [4.69, 9.17) is 0 Å². The van der Waals surface area contributed by atoms with Gasteiger partial charge in [-0.25, -0.2) is 0 Å². The molecule has 0 radical (unpaired) electrons. The molecule has 0 bridgehead atoms. The Morgan fingerprint density at radius 1 is 1.40 bits per heavy atom. The molecule has 114 valence electrons. The molecule has 0 saturated carbocycles. The molecule has 0 aromatic carbocycles. The van der Waals surface area contributed by atoms with Crippen LogP contribution in [0.3, 0.4) is 0 Å². The Labute approximate surface area is 167 Å². The minimum absolute atomic E-state index is 0. The molecule has 1 saturated heterocycles. The van der Waals surface area contributed by atoms with E-state index in [1.54, 1.807) is 0 Å². The van der Waals surface area contributed by atoms with E-state index in [-0.39, 0.29) is 62.7 Å². The summed E-state index contributed by atoms with van der Waals surface area (Å²) in [4.78, 5) is 20.3. The van der Waals surface area contributed by atoms with Gasteiger partial charge in [0.2, 0.25) is 5.91 Å². The molecule has 1 fully saturated rings. The summed E-state index contributed by atoms with van der Waals surface area (Å²) >= 11 is 0. The molecule has 1 unspecified atom stereocenters. The molecule has 1 heterocycles. The SMILES string of the molecule is CC.CC(C)(C)C1CCNC(=O)C1.[CH2-]CCN[C-]=O.[K+]. The number of hydrogen-bond donors (Lipinski definition) is 2. The predicted octanol–water partition coefficient (Wildman–Crippen LogP) is -0.544. The summed E-state index contributed by atoms with van der Waals surface area (Å²) < 4.78 is 0. The van der Waals surface area contributed by atoms with E-state index in [2.05, 4.69) is 38.3 Å². The number of rotatable bonds is 3. The summed E-state index contributed by atoms with van der Waals surface area (Å²) in [6.07, 6.45) is 4.11. The third-order valence-electron chi connectivity index (χ3n) is 2.85. The topological polar surface area (TPSA) is 58.2 Å². The van der Waals surface area contributed by atoms with E-state index in [9.17, 15) is 9.59 Å². The Bertz CT molecular complexity index is 241. The normalized spacial score (nSPS) is 17.1. The third kappa shape index (κ3) is 15.0. The van der Waals surface area contributed by atoms with Crippen LogP contribution < -0.4 is 62.0 Å². The largest absolute Gasteiger partial charge is 1.00 e. The van der Waals surface area contributed by atoms with Gasteiger partial charge < -0.3 is 22.4 Å². The van der Waals surface area contributed by atoms with Gasteiger partial charge in [0.25, 0.3) is 0 Å². The third-order valence-corrected chi connectivity index (χ3v) is 2.85. The van der Waals surface area contributed by atoms with Crippen molar-refractivity contribution in [1.29, 1.82) is 0 Å². The van der Waals surface area contributed by atoms with Gasteiger partial charge in [0, 0.05) is 13.0 Å². The Balaban J connectivity index is -0.000000278. The van der Waals surface area contributed by atoms with E-state index < -0.39 is 0 Å². The molecule has 0 spiro atoms. The van der Waals surface area contributed by atoms with Gasteiger partial charge in [-0.2, -0.15) is 12.8 Å². The van der Waals surface area contributed by atoms with Crippen LogP contribution in [0.2, 0.25) is 0 Å². The minimum Gasteiger partial charge on any atom is -0.532 e. The molecule has 0 aliphatic carbocycles. The zero-order valence-electron chi connectivity index (χ0n) is 14.1. The Morgan fingerprint density at radius 3 is 2.20 bits per heavy atom. The fraction of sp³-hybridized carbons (Fsp3) is 0.800. The molecule has 1 rings (SSSR count). The molecule has 5 heteroatoms. The molecule has 2 N–H and O–H groups in total. The molecular formula is C15H30KN2O2-. The Hall–Kier alpha value is 0.576. The van der Waals surface area contributed by atoms with Gasteiger partial charge in [0.05, 0.1) is 0 Å². The molecule has 2 amide bonds. The average molecular weight is 310 g/mol. The molecule has 4 nitrogen and oxygen atoms in total. The van der Waals surface area contributed by atoms with Crippen LogP contribution in [0.1, 0.15) is 53.9 Å². The Morgan fingerprint density at radius 2 is 1.95 bits per heavy atom. The van der Waals surface area contributed by atoms with Crippen LogP contribution in [0.25, 0.3) is 0 Å². The molecular weight excluding hydrogens is 279 g/mol. The van der Waals surface area contributed by atoms with Crippen LogP contribution in [0.4, 0.5) is 0 Å². The fourth-order valence-corrected chi connectivity index (χ4v) is 1.66. The van der Waals surface area contributed by atoms with Crippen molar-refractivity contribution in [1.82, 2.24) is 10.6 Å². The zero-order chi connectivity index (χ0) is 15.3. The number of hydrogen-bond acceptors (Lipinski definition) is 2. The van der Waals surface area contributed by atoms with Gasteiger partial charge in [-0.05, 0) is 24.3 Å². The summed E-state index contributed by atoms with van der Waals surface area (Å²) in [5.41, 5.74) is 0.289. The summed E-state index contributed by atoms with van der Waals surface area (Å²) in [6.45, 7) is 15.6. The van der Waals surface area contributed by atoms with Gasteiger partial charge in [-0.3, -0.25) is 4.79 Å². The van der Waals surface area contributed by atoms with Gasteiger partial charge in [-0.15, -0.1) is 0 Å². The summed E-state index contributed by atoms with van der Waals surface area (Å²) in [6, 6.07) is 0. The van der Waals surface area contributed by atoms with E-state index in [1.807, 2.05) is 13.8 Å². The van der Waals surface area contributed by atoms with Crippen molar-refractivity contribution in [3.63, 3.8) is 0 Å². The van der Waals surface area contributed by atoms with Crippen LogP contribution >= 0.6 is 0 Å². The van der Waals surface area contributed by atoms with Crippen LogP contribution in [-0.2, 0) is 9.59 Å². The summed E-state index contributed by atoms with van der Waals surface area (Å²) in [5, 5.41) is 5.18. The van der Waals surface area contributed by atoms with E-state index in [0.717, 1.165) is 19.4 Å². The van der Waals surface area contributed by atoms with Gasteiger partial charge in [0.15, 0.2) is 0 Å². The second-order valence-corrected chi connectivity index (χ2v) is 5.29. The van der Waals surface area contributed by atoms with Crippen molar-refractivity contribution in [2.24, 2.45) is 11.3 Å². The maximum Gasteiger partial charge on any atom is 1.00 e. The van der Waals surface area contributed by atoms with Crippen LogP contribution in [0, 0.1) is 18.3 Å². The van der Waals surface area contributed by atoms with Crippen molar-refractivity contribution >= 4 is 12.3 Å². The molecule has 20 heavy (non-hydrogen) atoms. The van der Waals surface area contributed by atoms with Crippen LogP contribution in [0.5, 0.6) is 0 Å². The number of carbonyl (C=O) groups is 1. The zero-order valence-corrected chi connectivity index (χ0v) is 17.3.